The van der Waals surface area contributed by atoms with Crippen molar-refractivity contribution < 1.29 is 21.6 Å². The van der Waals surface area contributed by atoms with Crippen LogP contribution in [0.1, 0.15) is 32.0 Å². The van der Waals surface area contributed by atoms with Gasteiger partial charge in [0.25, 0.3) is 0 Å². The highest BCUT2D eigenvalue weighted by molar-refractivity contribution is 7.89. The van der Waals surface area contributed by atoms with E-state index in [-0.39, 0.29) is 21.7 Å². The maximum Gasteiger partial charge on any atom is 0.435 e. The summed E-state index contributed by atoms with van der Waals surface area (Å²) in [5.74, 6) is 0. The third kappa shape index (κ3) is 4.51. The summed E-state index contributed by atoms with van der Waals surface area (Å²) < 4.78 is 63.8. The number of rotatable bonds is 3. The van der Waals surface area contributed by atoms with Crippen LogP contribution in [0.3, 0.4) is 0 Å². The molecule has 3 aromatic rings. The standard InChI is InChI=1S/C20H20F3N3O2S/c1-19(2,3)14-6-4-13(5-7-14)17-12-18(20(21,22)23)25-26(17)15-8-10-16(11-9-15)29(24,27)28/h4-12H,1-3H3,(H2,24,27,28). The minimum atomic E-state index is -4.62. The second-order valence-electron chi connectivity index (χ2n) is 7.69. The van der Waals surface area contributed by atoms with E-state index >= 15 is 0 Å². The molecule has 0 saturated carbocycles. The zero-order valence-electron chi connectivity index (χ0n) is 16.0. The number of alkyl halides is 3. The lowest BCUT2D eigenvalue weighted by atomic mass is 9.86. The zero-order valence-corrected chi connectivity index (χ0v) is 16.8. The minimum Gasteiger partial charge on any atom is -0.233 e. The summed E-state index contributed by atoms with van der Waals surface area (Å²) in [7, 11) is -3.91. The van der Waals surface area contributed by atoms with Crippen molar-refractivity contribution in [3.05, 3.63) is 65.9 Å². The summed E-state index contributed by atoms with van der Waals surface area (Å²) in [6.07, 6.45) is -4.62. The van der Waals surface area contributed by atoms with E-state index in [1.807, 2.05) is 32.9 Å². The number of nitrogens with zero attached hydrogens (tertiary/aromatic N) is 2. The van der Waals surface area contributed by atoms with E-state index in [2.05, 4.69) is 5.10 Å². The molecule has 0 aliphatic rings. The van der Waals surface area contributed by atoms with Crippen molar-refractivity contribution in [3.63, 3.8) is 0 Å². The molecule has 1 aromatic heterocycles. The molecule has 1 heterocycles. The number of halogens is 3. The van der Waals surface area contributed by atoms with Crippen molar-refractivity contribution in [2.45, 2.75) is 37.3 Å². The molecule has 5 nitrogen and oxygen atoms in total. The van der Waals surface area contributed by atoms with Gasteiger partial charge in [-0.1, -0.05) is 45.0 Å². The first-order valence-corrected chi connectivity index (χ1v) is 10.2. The number of primary sulfonamides is 1. The molecule has 3 rings (SSSR count). The third-order valence-electron chi connectivity index (χ3n) is 4.46. The van der Waals surface area contributed by atoms with E-state index in [0.29, 0.717) is 5.56 Å². The Morgan fingerprint density at radius 1 is 0.931 bits per heavy atom. The van der Waals surface area contributed by atoms with E-state index < -0.39 is 21.9 Å². The molecule has 0 amide bonds. The van der Waals surface area contributed by atoms with Crippen LogP contribution < -0.4 is 5.14 Å². The van der Waals surface area contributed by atoms with Gasteiger partial charge in [0.1, 0.15) is 0 Å². The fourth-order valence-corrected chi connectivity index (χ4v) is 3.36. The van der Waals surface area contributed by atoms with E-state index in [1.165, 1.54) is 24.3 Å². The van der Waals surface area contributed by atoms with Crippen LogP contribution in [0.25, 0.3) is 16.9 Å². The van der Waals surface area contributed by atoms with Crippen LogP contribution in [0.4, 0.5) is 13.2 Å². The van der Waals surface area contributed by atoms with Crippen LogP contribution in [-0.2, 0) is 21.6 Å². The number of benzene rings is 2. The number of nitrogens with two attached hydrogens (primary N) is 1. The summed E-state index contributed by atoms with van der Waals surface area (Å²) in [5.41, 5.74) is 0.976. The molecule has 9 heteroatoms. The summed E-state index contributed by atoms with van der Waals surface area (Å²) in [5, 5.41) is 8.78. The fourth-order valence-electron chi connectivity index (χ4n) is 2.84. The molecule has 0 radical (unpaired) electrons. The van der Waals surface area contributed by atoms with Gasteiger partial charge in [-0.3, -0.25) is 0 Å². The van der Waals surface area contributed by atoms with E-state index in [4.69, 9.17) is 5.14 Å². The van der Waals surface area contributed by atoms with Gasteiger partial charge >= 0.3 is 6.18 Å². The van der Waals surface area contributed by atoms with Crippen molar-refractivity contribution in [1.82, 2.24) is 9.78 Å². The molecule has 2 N–H and O–H groups in total. The molecule has 2 aromatic carbocycles. The van der Waals surface area contributed by atoms with Crippen molar-refractivity contribution >= 4 is 10.0 Å². The maximum atomic E-state index is 13.3. The highest BCUT2D eigenvalue weighted by atomic mass is 32.2. The topological polar surface area (TPSA) is 78.0 Å². The Morgan fingerprint density at radius 3 is 1.93 bits per heavy atom. The van der Waals surface area contributed by atoms with Gasteiger partial charge in [0.05, 0.1) is 16.3 Å². The SMILES string of the molecule is CC(C)(C)c1ccc(-c2cc(C(F)(F)F)nn2-c2ccc(S(N)(=O)=O)cc2)cc1. The van der Waals surface area contributed by atoms with E-state index in [1.54, 1.807) is 12.1 Å². The van der Waals surface area contributed by atoms with Gasteiger partial charge in [0, 0.05) is 5.56 Å². The van der Waals surface area contributed by atoms with Gasteiger partial charge in [-0.25, -0.2) is 18.2 Å². The van der Waals surface area contributed by atoms with Gasteiger partial charge < -0.3 is 0 Å². The first-order chi connectivity index (χ1) is 13.3. The van der Waals surface area contributed by atoms with E-state index in [0.717, 1.165) is 16.3 Å². The average Bonchev–Trinajstić information content (AvgIpc) is 3.06. The molecule has 154 valence electrons. The quantitative estimate of drug-likeness (QED) is 0.674. The summed E-state index contributed by atoms with van der Waals surface area (Å²) in [4.78, 5) is -0.138. The second-order valence-corrected chi connectivity index (χ2v) is 9.25. The number of hydrogen-bond acceptors (Lipinski definition) is 3. The smallest absolute Gasteiger partial charge is 0.233 e. The number of sulfonamides is 1. The van der Waals surface area contributed by atoms with Gasteiger partial charge in [0.2, 0.25) is 10.0 Å². The molecule has 0 aliphatic heterocycles. The molecular formula is C20H20F3N3O2S. The molecule has 0 bridgehead atoms. The van der Waals surface area contributed by atoms with Crippen LogP contribution >= 0.6 is 0 Å². The lowest BCUT2D eigenvalue weighted by Gasteiger charge is -2.19. The first kappa shape index (κ1) is 21.1. The highest BCUT2D eigenvalue weighted by Crippen LogP contribution is 2.34. The number of aromatic nitrogens is 2. The largest absolute Gasteiger partial charge is 0.435 e. The van der Waals surface area contributed by atoms with Crippen LogP contribution in [0.2, 0.25) is 0 Å². The third-order valence-corrected chi connectivity index (χ3v) is 5.39. The predicted octanol–water partition coefficient (Wildman–Crippen LogP) is 4.50. The molecule has 0 spiro atoms. The molecule has 0 unspecified atom stereocenters. The Morgan fingerprint density at radius 2 is 1.48 bits per heavy atom. The first-order valence-electron chi connectivity index (χ1n) is 8.68. The normalized spacial score (nSPS) is 12.9. The van der Waals surface area contributed by atoms with Crippen LogP contribution in [0.15, 0.2) is 59.5 Å². The zero-order chi connectivity index (χ0) is 21.6. The monoisotopic (exact) mass is 423 g/mol. The molecule has 0 atom stereocenters. The van der Waals surface area contributed by atoms with Crippen molar-refractivity contribution in [1.29, 1.82) is 0 Å². The van der Waals surface area contributed by atoms with Crippen molar-refractivity contribution in [2.24, 2.45) is 5.14 Å². The Hall–Kier alpha value is -2.65. The summed E-state index contributed by atoms with van der Waals surface area (Å²) in [6, 6.07) is 13.4. The van der Waals surface area contributed by atoms with Crippen LogP contribution in [0.5, 0.6) is 0 Å². The van der Waals surface area contributed by atoms with Crippen LogP contribution in [0, 0.1) is 0 Å². The lowest BCUT2D eigenvalue weighted by Crippen LogP contribution is -2.12. The molecular weight excluding hydrogens is 403 g/mol. The Balaban J connectivity index is 2.13. The van der Waals surface area contributed by atoms with Crippen molar-refractivity contribution in [2.75, 3.05) is 0 Å². The Labute approximate surface area is 167 Å². The van der Waals surface area contributed by atoms with Gasteiger partial charge in [-0.05, 0) is 41.3 Å². The molecule has 0 aliphatic carbocycles. The fraction of sp³-hybridized carbons (Fsp3) is 0.250. The lowest BCUT2D eigenvalue weighted by molar-refractivity contribution is -0.141. The number of hydrogen-bond donors (Lipinski definition) is 1. The van der Waals surface area contributed by atoms with Crippen molar-refractivity contribution in [3.8, 4) is 16.9 Å². The highest BCUT2D eigenvalue weighted by Gasteiger charge is 2.35. The van der Waals surface area contributed by atoms with Crippen LogP contribution in [-0.4, -0.2) is 18.2 Å². The Bertz CT molecular complexity index is 1130. The van der Waals surface area contributed by atoms with Gasteiger partial charge in [-0.2, -0.15) is 18.3 Å². The van der Waals surface area contributed by atoms with Gasteiger partial charge in [-0.15, -0.1) is 0 Å². The molecule has 0 saturated heterocycles. The second kappa shape index (κ2) is 7.00. The minimum absolute atomic E-state index is 0.0978. The molecule has 29 heavy (non-hydrogen) atoms. The predicted molar refractivity (Wildman–Crippen MR) is 104 cm³/mol. The molecule has 0 fully saturated rings. The maximum absolute atomic E-state index is 13.3. The van der Waals surface area contributed by atoms with E-state index in [9.17, 15) is 21.6 Å². The summed E-state index contributed by atoms with van der Waals surface area (Å²) >= 11 is 0. The Kier molecular flexibility index (Phi) is 5.08. The summed E-state index contributed by atoms with van der Waals surface area (Å²) in [6.45, 7) is 6.13. The van der Waals surface area contributed by atoms with Gasteiger partial charge in [0.15, 0.2) is 5.69 Å². The average molecular weight is 423 g/mol.